The molecule has 1 rings (SSSR count). The minimum Gasteiger partial charge on any atom is -0.463 e. The summed E-state index contributed by atoms with van der Waals surface area (Å²) < 4.78 is 9.94. The molecule has 0 saturated heterocycles. The SMILES string of the molecule is CC(C)(C)OC(=O)NN=Cc1ccco1. The summed E-state index contributed by atoms with van der Waals surface area (Å²) in [6.45, 7) is 5.34. The van der Waals surface area contributed by atoms with Gasteiger partial charge in [-0.3, -0.25) is 0 Å². The number of ether oxygens (including phenoxy) is 1. The molecule has 0 saturated carbocycles. The van der Waals surface area contributed by atoms with Crippen molar-refractivity contribution in [3.05, 3.63) is 24.2 Å². The van der Waals surface area contributed by atoms with Crippen LogP contribution in [0.25, 0.3) is 0 Å². The van der Waals surface area contributed by atoms with Gasteiger partial charge in [0.15, 0.2) is 0 Å². The number of hydrogen-bond donors (Lipinski definition) is 1. The molecule has 82 valence electrons. The average Bonchev–Trinajstić information content (AvgIpc) is 2.53. The summed E-state index contributed by atoms with van der Waals surface area (Å²) in [7, 11) is 0. The normalized spacial score (nSPS) is 11.7. The molecule has 0 radical (unpaired) electrons. The molecule has 0 aliphatic rings. The number of carbonyl (C=O) groups excluding carboxylic acids is 1. The van der Waals surface area contributed by atoms with Crippen molar-refractivity contribution < 1.29 is 13.9 Å². The van der Waals surface area contributed by atoms with E-state index in [0.29, 0.717) is 5.76 Å². The average molecular weight is 210 g/mol. The first-order valence-corrected chi connectivity index (χ1v) is 4.53. The molecule has 1 aromatic heterocycles. The summed E-state index contributed by atoms with van der Waals surface area (Å²) in [6, 6.07) is 3.45. The predicted octanol–water partition coefficient (Wildman–Crippen LogP) is 2.14. The first-order chi connectivity index (χ1) is 6.97. The number of hydrogen-bond acceptors (Lipinski definition) is 4. The van der Waals surface area contributed by atoms with Crippen LogP contribution in [0.15, 0.2) is 27.9 Å². The molecule has 0 aliphatic carbocycles. The molecule has 15 heavy (non-hydrogen) atoms. The van der Waals surface area contributed by atoms with E-state index in [4.69, 9.17) is 9.15 Å². The van der Waals surface area contributed by atoms with Gasteiger partial charge < -0.3 is 9.15 Å². The maximum absolute atomic E-state index is 11.1. The molecular formula is C10H14N2O3. The lowest BCUT2D eigenvalue weighted by atomic mass is 10.2. The molecule has 1 N–H and O–H groups in total. The van der Waals surface area contributed by atoms with Gasteiger partial charge in [-0.15, -0.1) is 0 Å². The van der Waals surface area contributed by atoms with Gasteiger partial charge in [0.05, 0.1) is 12.5 Å². The fourth-order valence-corrected chi connectivity index (χ4v) is 0.814. The van der Waals surface area contributed by atoms with Crippen molar-refractivity contribution in [3.8, 4) is 0 Å². The lowest BCUT2D eigenvalue weighted by Gasteiger charge is -2.18. The highest BCUT2D eigenvalue weighted by Gasteiger charge is 2.15. The monoisotopic (exact) mass is 210 g/mol. The van der Waals surface area contributed by atoms with E-state index in [-0.39, 0.29) is 0 Å². The largest absolute Gasteiger partial charge is 0.463 e. The molecule has 5 nitrogen and oxygen atoms in total. The van der Waals surface area contributed by atoms with E-state index in [1.165, 1.54) is 12.5 Å². The maximum Gasteiger partial charge on any atom is 0.428 e. The Labute approximate surface area is 88.1 Å². The second kappa shape index (κ2) is 4.63. The van der Waals surface area contributed by atoms with E-state index >= 15 is 0 Å². The first kappa shape index (κ1) is 11.3. The number of furan rings is 1. The van der Waals surface area contributed by atoms with Gasteiger partial charge in [0.25, 0.3) is 0 Å². The van der Waals surface area contributed by atoms with E-state index in [2.05, 4.69) is 10.5 Å². The molecule has 5 heteroatoms. The molecule has 0 fully saturated rings. The van der Waals surface area contributed by atoms with Crippen LogP contribution >= 0.6 is 0 Å². The van der Waals surface area contributed by atoms with Crippen molar-refractivity contribution >= 4 is 12.3 Å². The van der Waals surface area contributed by atoms with Crippen molar-refractivity contribution in [1.82, 2.24) is 5.43 Å². The van der Waals surface area contributed by atoms with Gasteiger partial charge in [0.2, 0.25) is 0 Å². The van der Waals surface area contributed by atoms with Gasteiger partial charge in [-0.2, -0.15) is 5.10 Å². The second-order valence-electron chi connectivity index (χ2n) is 3.89. The van der Waals surface area contributed by atoms with Crippen molar-refractivity contribution in [2.45, 2.75) is 26.4 Å². The van der Waals surface area contributed by atoms with Crippen LogP contribution in [0.3, 0.4) is 0 Å². The van der Waals surface area contributed by atoms with E-state index < -0.39 is 11.7 Å². The third-order valence-corrected chi connectivity index (χ3v) is 1.29. The lowest BCUT2D eigenvalue weighted by Crippen LogP contribution is -2.29. The second-order valence-corrected chi connectivity index (χ2v) is 3.89. The number of hydrazone groups is 1. The Balaban J connectivity index is 2.35. The zero-order valence-electron chi connectivity index (χ0n) is 8.98. The molecule has 0 unspecified atom stereocenters. The van der Waals surface area contributed by atoms with Gasteiger partial charge in [-0.25, -0.2) is 10.2 Å². The van der Waals surface area contributed by atoms with E-state index in [9.17, 15) is 4.79 Å². The van der Waals surface area contributed by atoms with Crippen LogP contribution in [0.4, 0.5) is 4.79 Å². The Morgan fingerprint density at radius 3 is 2.87 bits per heavy atom. The standard InChI is InChI=1S/C10H14N2O3/c1-10(2,3)15-9(13)12-11-7-8-5-4-6-14-8/h4-7H,1-3H3,(H,12,13). The van der Waals surface area contributed by atoms with Gasteiger partial charge in [0.1, 0.15) is 11.4 Å². The van der Waals surface area contributed by atoms with Crippen molar-refractivity contribution in [3.63, 3.8) is 0 Å². The van der Waals surface area contributed by atoms with Gasteiger partial charge in [-0.1, -0.05) is 0 Å². The lowest BCUT2D eigenvalue weighted by molar-refractivity contribution is 0.0529. The van der Waals surface area contributed by atoms with Crippen molar-refractivity contribution in [2.75, 3.05) is 0 Å². The minimum absolute atomic E-state index is 0.524. The summed E-state index contributed by atoms with van der Waals surface area (Å²) in [5, 5.41) is 3.65. The summed E-state index contributed by atoms with van der Waals surface area (Å²) in [6.07, 6.45) is 2.32. The quantitative estimate of drug-likeness (QED) is 0.600. The van der Waals surface area contributed by atoms with Crippen LogP contribution in [-0.4, -0.2) is 17.9 Å². The Hall–Kier alpha value is -1.78. The Bertz CT molecular complexity index is 336. The number of nitrogens with one attached hydrogen (secondary N) is 1. The van der Waals surface area contributed by atoms with Crippen LogP contribution in [0.2, 0.25) is 0 Å². The number of rotatable bonds is 2. The van der Waals surface area contributed by atoms with Crippen LogP contribution in [0.5, 0.6) is 0 Å². The topological polar surface area (TPSA) is 63.8 Å². The zero-order chi connectivity index (χ0) is 11.3. The Morgan fingerprint density at radius 1 is 1.60 bits per heavy atom. The van der Waals surface area contributed by atoms with E-state index in [1.54, 1.807) is 32.9 Å². The van der Waals surface area contributed by atoms with Crippen molar-refractivity contribution in [2.24, 2.45) is 5.10 Å². The molecular weight excluding hydrogens is 196 g/mol. The number of nitrogens with zero attached hydrogens (tertiary/aromatic N) is 1. The molecule has 1 aromatic rings. The molecule has 0 aliphatic heterocycles. The Kier molecular flexibility index (Phi) is 3.49. The van der Waals surface area contributed by atoms with Gasteiger partial charge in [-0.05, 0) is 32.9 Å². The number of amides is 1. The molecule has 1 heterocycles. The van der Waals surface area contributed by atoms with Crippen LogP contribution in [0.1, 0.15) is 26.5 Å². The highest BCUT2D eigenvalue weighted by Crippen LogP contribution is 2.06. The molecule has 0 aromatic carbocycles. The zero-order valence-corrected chi connectivity index (χ0v) is 8.98. The van der Waals surface area contributed by atoms with Crippen LogP contribution in [-0.2, 0) is 4.74 Å². The molecule has 0 spiro atoms. The number of carbonyl (C=O) groups is 1. The Morgan fingerprint density at radius 2 is 2.33 bits per heavy atom. The summed E-state index contributed by atoms with van der Waals surface area (Å²) in [5.41, 5.74) is 1.70. The van der Waals surface area contributed by atoms with Crippen LogP contribution in [0, 0.1) is 0 Å². The molecule has 0 atom stereocenters. The first-order valence-electron chi connectivity index (χ1n) is 4.53. The molecule has 0 bridgehead atoms. The highest BCUT2D eigenvalue weighted by atomic mass is 16.6. The summed E-state index contributed by atoms with van der Waals surface area (Å²) in [4.78, 5) is 11.1. The van der Waals surface area contributed by atoms with E-state index in [1.807, 2.05) is 0 Å². The summed E-state index contributed by atoms with van der Waals surface area (Å²) in [5.74, 6) is 0.561. The van der Waals surface area contributed by atoms with Gasteiger partial charge >= 0.3 is 6.09 Å². The summed E-state index contributed by atoms with van der Waals surface area (Å²) >= 11 is 0. The minimum atomic E-state index is -0.592. The fraction of sp³-hybridized carbons (Fsp3) is 0.400. The maximum atomic E-state index is 11.1. The smallest absolute Gasteiger partial charge is 0.428 e. The molecule has 1 amide bonds. The van der Waals surface area contributed by atoms with Gasteiger partial charge in [0, 0.05) is 0 Å². The van der Waals surface area contributed by atoms with E-state index in [0.717, 1.165) is 0 Å². The highest BCUT2D eigenvalue weighted by molar-refractivity contribution is 5.77. The van der Waals surface area contributed by atoms with Crippen molar-refractivity contribution in [1.29, 1.82) is 0 Å². The van der Waals surface area contributed by atoms with Crippen LogP contribution < -0.4 is 5.43 Å². The fourth-order valence-electron chi connectivity index (χ4n) is 0.814. The third kappa shape index (κ3) is 4.85. The predicted molar refractivity (Wildman–Crippen MR) is 55.7 cm³/mol. The third-order valence-electron chi connectivity index (χ3n) is 1.29.